The van der Waals surface area contributed by atoms with Gasteiger partial charge >= 0.3 is 5.97 Å². The normalized spacial score (nSPS) is 18.4. The van der Waals surface area contributed by atoms with Crippen LogP contribution in [0.4, 0.5) is 5.13 Å². The number of carbonyl (C=O) groups is 4. The van der Waals surface area contributed by atoms with E-state index in [2.05, 4.69) is 41.3 Å². The lowest BCUT2D eigenvalue weighted by molar-refractivity contribution is -0.663. The summed E-state index contributed by atoms with van der Waals surface area (Å²) >= 11 is 5.58. The number of carboxylic acid groups (broad SMARTS) is 2. The van der Waals surface area contributed by atoms with E-state index in [0.29, 0.717) is 9.36 Å². The van der Waals surface area contributed by atoms with Crippen molar-refractivity contribution in [2.75, 3.05) is 25.1 Å². The molecule has 2 amide bonds. The minimum atomic E-state index is -1.79. The third-order valence-corrected chi connectivity index (χ3v) is 10.3. The fourth-order valence-corrected chi connectivity index (χ4v) is 7.71. The summed E-state index contributed by atoms with van der Waals surface area (Å²) in [4.78, 5) is 61.2. The van der Waals surface area contributed by atoms with E-state index in [4.69, 9.17) is 10.6 Å². The highest BCUT2D eigenvalue weighted by Crippen LogP contribution is 2.40. The van der Waals surface area contributed by atoms with Crippen LogP contribution in [-0.4, -0.2) is 85.4 Å². The number of nitrogens with one attached hydrogen (secondary N) is 2. The predicted molar refractivity (Wildman–Crippen MR) is 171 cm³/mol. The Hall–Kier alpha value is -4.00. The Morgan fingerprint density at radius 1 is 1.35 bits per heavy atom. The highest BCUT2D eigenvalue weighted by molar-refractivity contribution is 9.11. The van der Waals surface area contributed by atoms with Crippen molar-refractivity contribution in [3.63, 3.8) is 0 Å². The van der Waals surface area contributed by atoms with Crippen molar-refractivity contribution in [3.8, 4) is 0 Å². The quantitative estimate of drug-likeness (QED) is 0.0606. The first-order chi connectivity index (χ1) is 21.8. The van der Waals surface area contributed by atoms with Crippen LogP contribution in [0.25, 0.3) is 11.0 Å². The summed E-state index contributed by atoms with van der Waals surface area (Å²) in [5.41, 5.74) is 5.75. The van der Waals surface area contributed by atoms with Gasteiger partial charge in [0.2, 0.25) is 11.1 Å². The number of oxime groups is 1. The Labute approximate surface area is 279 Å². The van der Waals surface area contributed by atoms with Crippen LogP contribution in [0, 0.1) is 0 Å². The van der Waals surface area contributed by atoms with Crippen LogP contribution in [-0.2, 0) is 37.1 Å². The number of aryl methyl sites for hydroxylation is 1. The molecule has 2 unspecified atom stereocenters. The fourth-order valence-electron chi connectivity index (χ4n) is 5.04. The summed E-state index contributed by atoms with van der Waals surface area (Å²) in [6, 6.07) is 4.76. The van der Waals surface area contributed by atoms with Crippen LogP contribution in [0.3, 0.4) is 0 Å². The number of hydrogen-bond acceptors (Lipinski definition) is 12. The first kappa shape index (κ1) is 33.4. The molecule has 3 aromatic rings. The molecular weight excluding hydrogens is 704 g/mol. The Bertz CT molecular complexity index is 1790. The highest BCUT2D eigenvalue weighted by atomic mass is 79.9. The molecule has 0 aliphatic carbocycles. The first-order valence-electron chi connectivity index (χ1n) is 14.1. The molecule has 5 heterocycles. The van der Waals surface area contributed by atoms with Gasteiger partial charge in [0.15, 0.2) is 23.6 Å². The van der Waals surface area contributed by atoms with Gasteiger partial charge in [-0.1, -0.05) is 16.5 Å². The van der Waals surface area contributed by atoms with Crippen LogP contribution in [0.5, 0.6) is 0 Å². The standard InChI is InChI=1S/C28H31BrN8O7S2/c1-28(2,26(42)43)44-34-18(17-21(29)46-27(30)33-17)22(38)32-19-23(39)37-20(25(40)41)14(13-45-24(19)37)12-36-9-4-6-15-16(36)7-11-35(15)10-5-8-31-3/h4,6-7,9,11,19,24,31H,5,8,10,12-13H2,1-3H3,(H4-,30,32,33,38,40,41,42,43)/b34-18-. The number of rotatable bonds is 13. The molecule has 46 heavy (non-hydrogen) atoms. The van der Waals surface area contributed by atoms with Crippen molar-refractivity contribution in [1.29, 1.82) is 0 Å². The maximum absolute atomic E-state index is 13.4. The van der Waals surface area contributed by atoms with E-state index in [9.17, 15) is 29.4 Å². The molecule has 0 aromatic carbocycles. The number of thioether (sulfide) groups is 1. The molecule has 1 fully saturated rings. The molecule has 244 valence electrons. The predicted octanol–water partition coefficient (Wildman–Crippen LogP) is 0.0275. The average Bonchev–Trinajstić information content (AvgIpc) is 3.57. The monoisotopic (exact) mass is 734 g/mol. The van der Waals surface area contributed by atoms with E-state index in [1.807, 2.05) is 42.2 Å². The fraction of sp³-hybridized carbons (Fsp3) is 0.393. The number of carbonyl (C=O) groups excluding carboxylic acids is 3. The molecule has 15 nitrogen and oxygen atoms in total. The summed E-state index contributed by atoms with van der Waals surface area (Å²) in [6.07, 6.45) is 4.79. The zero-order chi connectivity index (χ0) is 33.3. The average molecular weight is 736 g/mol. The van der Waals surface area contributed by atoms with Gasteiger partial charge in [-0.25, -0.2) is 9.78 Å². The van der Waals surface area contributed by atoms with Crippen molar-refractivity contribution in [2.45, 2.75) is 50.4 Å². The zero-order valence-electron chi connectivity index (χ0n) is 25.0. The van der Waals surface area contributed by atoms with Gasteiger partial charge in [0.05, 0.1) is 11.7 Å². The lowest BCUT2D eigenvalue weighted by Crippen LogP contribution is -2.71. The van der Waals surface area contributed by atoms with Gasteiger partial charge < -0.3 is 40.8 Å². The number of anilines is 1. The van der Waals surface area contributed by atoms with Gasteiger partial charge in [-0.05, 0) is 55.9 Å². The third-order valence-electron chi connectivity index (χ3n) is 7.45. The van der Waals surface area contributed by atoms with Crippen molar-refractivity contribution in [1.82, 2.24) is 25.1 Å². The number of aliphatic carboxylic acids is 2. The van der Waals surface area contributed by atoms with Crippen LogP contribution < -0.4 is 26.0 Å². The number of thiazole rings is 1. The minimum Gasteiger partial charge on any atom is -0.543 e. The second kappa shape index (κ2) is 13.4. The summed E-state index contributed by atoms with van der Waals surface area (Å²) in [6.45, 7) is 4.40. The van der Waals surface area contributed by atoms with Crippen molar-refractivity contribution >= 4 is 84.7 Å². The molecule has 5 N–H and O–H groups in total. The topological polar surface area (TPSA) is 208 Å². The number of nitrogens with zero attached hydrogens (tertiary/aromatic N) is 5. The number of β-lactam (4-membered cyclic amide) rings is 1. The number of nitrogen functional groups attached to an aromatic ring is 1. The zero-order valence-corrected chi connectivity index (χ0v) is 28.2. The van der Waals surface area contributed by atoms with Crippen LogP contribution >= 0.6 is 39.0 Å². The van der Waals surface area contributed by atoms with Gasteiger partial charge in [0.25, 0.3) is 11.8 Å². The smallest absolute Gasteiger partial charge is 0.350 e. The maximum Gasteiger partial charge on any atom is 0.350 e. The molecular formula is C28H31BrN8O7S2. The summed E-state index contributed by atoms with van der Waals surface area (Å²) in [5.74, 6) is -4.10. The van der Waals surface area contributed by atoms with Gasteiger partial charge in [0.1, 0.15) is 26.4 Å². The first-order valence-corrected chi connectivity index (χ1v) is 16.7. The summed E-state index contributed by atoms with van der Waals surface area (Å²) < 4.78 is 4.40. The molecule has 2 atom stereocenters. The Balaban J connectivity index is 1.37. The molecule has 2 aliphatic heterocycles. The molecule has 2 aliphatic rings. The molecule has 5 rings (SSSR count). The van der Waals surface area contributed by atoms with Crippen LogP contribution in [0.2, 0.25) is 0 Å². The van der Waals surface area contributed by atoms with E-state index >= 15 is 0 Å². The largest absolute Gasteiger partial charge is 0.543 e. The number of fused-ring (bicyclic) bond motifs is 2. The van der Waals surface area contributed by atoms with E-state index < -0.39 is 46.5 Å². The van der Waals surface area contributed by atoms with E-state index in [-0.39, 0.29) is 28.8 Å². The molecule has 0 radical (unpaired) electrons. The molecule has 18 heteroatoms. The second-order valence-electron chi connectivity index (χ2n) is 11.0. The third kappa shape index (κ3) is 6.47. The van der Waals surface area contributed by atoms with Crippen molar-refractivity contribution < 1.29 is 38.8 Å². The Morgan fingerprint density at radius 2 is 2.11 bits per heavy atom. The van der Waals surface area contributed by atoms with Crippen molar-refractivity contribution in [3.05, 3.63) is 51.3 Å². The lowest BCUT2D eigenvalue weighted by Gasteiger charge is -2.50. The number of hydrogen-bond donors (Lipinski definition) is 4. The number of amides is 2. The van der Waals surface area contributed by atoms with Gasteiger partial charge in [-0.3, -0.25) is 14.5 Å². The number of pyridine rings is 1. The van der Waals surface area contributed by atoms with Crippen LogP contribution in [0.1, 0.15) is 26.0 Å². The van der Waals surface area contributed by atoms with Crippen molar-refractivity contribution in [2.24, 2.45) is 5.16 Å². The number of nitrogens with two attached hydrogens (primary N) is 1. The molecule has 0 bridgehead atoms. The second-order valence-corrected chi connectivity index (χ2v) is 14.4. The van der Waals surface area contributed by atoms with E-state index in [1.54, 1.807) is 0 Å². The van der Waals surface area contributed by atoms with Crippen LogP contribution in [0.15, 0.2) is 50.8 Å². The van der Waals surface area contributed by atoms with Gasteiger partial charge in [-0.15, -0.1) is 11.8 Å². The highest BCUT2D eigenvalue weighted by Gasteiger charge is 2.53. The molecule has 0 spiro atoms. The number of carboxylic acids is 2. The van der Waals surface area contributed by atoms with E-state index in [0.717, 1.165) is 46.8 Å². The minimum absolute atomic E-state index is 0.0132. The molecule has 1 saturated heterocycles. The van der Waals surface area contributed by atoms with Gasteiger partial charge in [-0.2, -0.15) is 4.57 Å². The SMILES string of the molecule is CNCCCn1ccc2c1ccc[n+]2CC1=C(C(=O)[O-])N2C(=O)C(NC(=O)/C(=N\OC(C)(C)C(=O)O)c3nc(N)sc3Br)C2SC1. The van der Waals surface area contributed by atoms with Gasteiger partial charge in [0, 0.05) is 36.2 Å². The summed E-state index contributed by atoms with van der Waals surface area (Å²) in [5, 5.41) is 30.7. The molecule has 0 saturated carbocycles. The number of halogens is 1. The van der Waals surface area contributed by atoms with E-state index in [1.165, 1.54) is 25.6 Å². The Kier molecular flexibility index (Phi) is 9.71. The summed E-state index contributed by atoms with van der Waals surface area (Å²) in [7, 11) is 1.90. The number of aromatic nitrogens is 3. The lowest BCUT2D eigenvalue weighted by atomic mass is 10.0. The Morgan fingerprint density at radius 3 is 2.76 bits per heavy atom. The molecule has 3 aromatic heterocycles. The maximum atomic E-state index is 13.4.